The second kappa shape index (κ2) is 79.3. The number of carbonyl (C=O) groups is 8. The van der Waals surface area contributed by atoms with Crippen LogP contribution >= 0.6 is 156 Å². The zero-order valence-electron chi connectivity index (χ0n) is 75.0. The fourth-order valence-corrected chi connectivity index (χ4v) is 13.9. The minimum atomic E-state index is -1.06. The number of nitrogens with two attached hydrogens (primary N) is 1. The van der Waals surface area contributed by atoms with Crippen LogP contribution < -0.4 is 50.7 Å². The molecule has 737 valence electrons. The number of methoxy groups -OCH3 is 1. The summed E-state index contributed by atoms with van der Waals surface area (Å²) in [7, 11) is 2.61. The summed E-state index contributed by atoms with van der Waals surface area (Å²) in [6.45, 7) is 25.5. The van der Waals surface area contributed by atoms with Crippen molar-refractivity contribution in [1.29, 1.82) is 0 Å². The van der Waals surface area contributed by atoms with Crippen molar-refractivity contribution >= 4 is 212 Å². The van der Waals surface area contributed by atoms with Crippen molar-refractivity contribution in [3.63, 3.8) is 0 Å². The van der Waals surface area contributed by atoms with Crippen LogP contribution in [0.15, 0.2) is 186 Å². The first-order chi connectivity index (χ1) is 59.2. The molecule has 3 aliphatic carbocycles. The Morgan fingerprint density at radius 1 is 0.549 bits per heavy atom. The van der Waals surface area contributed by atoms with E-state index >= 15 is 0 Å². The fraction of sp³-hybridized carbons (Fsp3) is 0.463. The molecule has 6 aromatic heterocycles. The van der Waals surface area contributed by atoms with E-state index in [2.05, 4.69) is 214 Å². The summed E-state index contributed by atoms with van der Waals surface area (Å²) in [5.74, 6) is 1.58. The maximum atomic E-state index is 12.5. The van der Waals surface area contributed by atoms with Gasteiger partial charge in [0, 0.05) is 136 Å². The molecule has 0 unspecified atom stereocenters. The predicted molar refractivity (Wildman–Crippen MR) is 578 cm³/mol. The van der Waals surface area contributed by atoms with Crippen molar-refractivity contribution in [2.75, 3.05) is 27.3 Å². The van der Waals surface area contributed by atoms with Gasteiger partial charge in [0.15, 0.2) is 0 Å². The van der Waals surface area contributed by atoms with E-state index in [0.717, 1.165) is 113 Å². The van der Waals surface area contributed by atoms with Gasteiger partial charge in [0.2, 0.25) is 0 Å². The number of benzene rings is 2. The molecule has 26 nitrogen and oxygen atoms in total. The molecule has 5 aliphatic rings. The van der Waals surface area contributed by atoms with Crippen LogP contribution in [0.25, 0.3) is 0 Å². The van der Waals surface area contributed by atoms with Gasteiger partial charge in [0.1, 0.15) is 28.8 Å². The molecule has 0 spiro atoms. The van der Waals surface area contributed by atoms with Gasteiger partial charge >= 0.3 is 113 Å². The number of aliphatic hydroxyl groups is 2. The van der Waals surface area contributed by atoms with Gasteiger partial charge in [-0.1, -0.05) is 114 Å². The van der Waals surface area contributed by atoms with Gasteiger partial charge in [0.25, 0.3) is 23.6 Å². The number of pyridine rings is 6. The molecule has 13 rings (SSSR count). The summed E-state index contributed by atoms with van der Waals surface area (Å²) in [5, 5.41) is 21.3. The Bertz CT molecular complexity index is 4380. The topological polar surface area (TPSA) is 357 Å². The Balaban J connectivity index is -0.000000221. The Kier molecular flexibility index (Phi) is 84.5. The molecular weight excluding hydrogens is 2480 g/mol. The second-order valence-corrected chi connectivity index (χ2v) is 71.6. The summed E-state index contributed by atoms with van der Waals surface area (Å²) in [6.07, 6.45) is 35.9. The van der Waals surface area contributed by atoms with Gasteiger partial charge in [0.05, 0.1) is 55.3 Å². The van der Waals surface area contributed by atoms with Crippen LogP contribution in [0.3, 0.4) is 0 Å². The van der Waals surface area contributed by atoms with Gasteiger partial charge in [-0.25, -0.2) is 14.4 Å². The van der Waals surface area contributed by atoms with Crippen molar-refractivity contribution in [1.82, 2.24) is 50.3 Å². The third kappa shape index (κ3) is 65.3. The smallest absolute Gasteiger partial charge is 1.00 e. The molecule has 8 heterocycles. The van der Waals surface area contributed by atoms with Crippen LogP contribution in [-0.4, -0.2) is 151 Å². The number of aldehydes is 1. The van der Waals surface area contributed by atoms with E-state index in [0.29, 0.717) is 47.2 Å². The number of ether oxygens (including phenoxy) is 5. The monoisotopic (exact) mass is 2610 g/mol. The van der Waals surface area contributed by atoms with Crippen LogP contribution in [0, 0.1) is 24.7 Å². The standard InChI is InChI=1S/C17H25BrN2O2.C14H9BrN2O2.C12H17BrN2.C10H18O5.C8H5NO2.C6H7BrN2.2C6H6BrNO.C6H10O.C3H7.CH4O.6CH4.B.3HI.Na.V.H/c1-17(2,3)22-16(21)20(11-13-6-4-5-7-13)12-14-8-15(18)10-19-9-14;15-10-5-9(6-16-7-10)8-17-13(18)11-3-1-2-4-12(11)14(17)19;13-12-5-11(8-15-9-12)7-14-6-10-3-1-2-4-10;1-9(2,3)14-7(11)13-8(12)15-10(4,5)6;10-7-5-3-1-2-4-6(5)8(11)9-7;7-6-1-5(2-8)3-9-4-6;1-9-6-2-5(7)3-8-4-6;7-6-1-5(4-9)2-8-3-6;7-5-6-3-1-2-4-6;1-3-2;1-2;;;;;;;;;;;;;/h8-10,13H,4-7,11-12H2,1-3H3;1-7H,8H2;5,8-10,14H,1-4,6-7H2;1-6H3;1-4H,(H,9,10,11);1,3-4H,2,8H2;2-4H,1H3;1-3,9H,4H2;5-6H,1-4H2;1,3H2,2H3;2H,1H3;6*1H4;;3*1H;;;/q;;;;;;;;;-1;;;;;;;;;;;;+1;+3;-1/p-3. The summed E-state index contributed by atoms with van der Waals surface area (Å²) >= 11 is 27.3. The fourth-order valence-electron chi connectivity index (χ4n) is 11.5. The largest absolute Gasteiger partial charge is 1.00 e. The predicted octanol–water partition coefficient (Wildman–Crippen LogP) is 23.9. The van der Waals surface area contributed by atoms with Crippen LogP contribution in [0.2, 0.25) is 0 Å². The first kappa shape index (κ1) is 142. The Labute approximate surface area is 906 Å². The molecule has 2 aromatic carbocycles. The zero-order valence-corrected chi connectivity index (χ0v) is 93.3. The maximum absolute atomic E-state index is 12.5. The van der Waals surface area contributed by atoms with Crippen molar-refractivity contribution in [3.8, 4) is 5.75 Å². The van der Waals surface area contributed by atoms with Crippen molar-refractivity contribution in [3.05, 3.63) is 243 Å². The number of aliphatic hydroxyl groups excluding tert-OH is 2. The number of halogens is 9. The van der Waals surface area contributed by atoms with E-state index < -0.39 is 29.1 Å². The molecule has 0 atom stereocenters. The minimum Gasteiger partial charge on any atom is 1.00 e. The SMILES string of the molecule is Brc1cncc(CNCC2CCCC2)c1.C.C.C.C.C.C.CC(C)(C)OC(=O)N(Cc1cncc(Br)c1)CC1CCCC1.CC(C)(C)OC(=O)OC(=O)OC(C)(C)C.CO.COc1cncc(Br)c1.NCc1cncc(Br)c1.O=C1NC(=O)c2ccccc21.O=C1c2ccccc2C(=O)N1Cc1cncc(Br)c1.O=CC1CCCC1.OCc1cncc(Br)c1.[B].[CH2-]CC.[H-].[I][V]([I])[I].[Na+]. The van der Waals surface area contributed by atoms with Gasteiger partial charge in [-0.3, -0.25) is 59.3 Å². The Hall–Kier alpha value is -4.34. The molecule has 3 radical (unpaired) electrons. The van der Waals surface area contributed by atoms with Gasteiger partial charge in [-0.15, -0.1) is 0 Å². The van der Waals surface area contributed by atoms with E-state index in [1.165, 1.54) is 74.7 Å². The average Bonchev–Trinajstić information content (AvgIpc) is 1.63. The average molecular weight is 2620 g/mol. The molecule has 8 aromatic rings. The molecule has 0 saturated heterocycles. The number of nitrogens with one attached hydrogen (secondary N) is 2. The van der Waals surface area contributed by atoms with Crippen LogP contribution in [-0.2, 0) is 61.4 Å². The van der Waals surface area contributed by atoms with Crippen molar-refractivity contribution in [2.24, 2.45) is 23.5 Å². The Morgan fingerprint density at radius 2 is 0.880 bits per heavy atom. The molecule has 3 saturated carbocycles. The third-order valence-electron chi connectivity index (χ3n) is 16.8. The van der Waals surface area contributed by atoms with E-state index in [1.807, 2.05) is 75.3 Å². The number of nitrogens with zero attached hydrogens (tertiary/aromatic N) is 8. The van der Waals surface area contributed by atoms with E-state index in [9.17, 15) is 38.4 Å². The number of fused-ring (bicyclic) bond motifs is 2. The number of aromatic nitrogens is 6. The van der Waals surface area contributed by atoms with Crippen LogP contribution in [0.5, 0.6) is 5.75 Å². The number of imide groups is 2. The minimum absolute atomic E-state index is 0. The molecule has 5 amide bonds. The molecule has 133 heavy (non-hydrogen) atoms. The molecular formula is C95H139BBr6I3N11NaO15V-. The van der Waals surface area contributed by atoms with E-state index in [1.54, 1.807) is 159 Å². The molecule has 3 fully saturated rings. The van der Waals surface area contributed by atoms with Crippen LogP contribution in [0.4, 0.5) is 14.4 Å². The number of carbonyl (C=O) groups excluding carboxylic acids is 8. The zero-order chi connectivity index (χ0) is 93.7. The van der Waals surface area contributed by atoms with Crippen LogP contribution in [0.1, 0.15) is 268 Å². The second-order valence-electron chi connectivity index (χ2n) is 30.7. The van der Waals surface area contributed by atoms with Gasteiger partial charge < -0.3 is 63.0 Å². The molecule has 0 bridgehead atoms. The van der Waals surface area contributed by atoms with Gasteiger partial charge in [-0.2, -0.15) is 6.42 Å². The molecule has 38 heteroatoms. The van der Waals surface area contributed by atoms with Gasteiger partial charge in [-0.05, 0) is 303 Å². The quantitative estimate of drug-likeness (QED) is 0.00986. The van der Waals surface area contributed by atoms with Crippen molar-refractivity contribution < 1.29 is 108 Å². The third-order valence-corrected chi connectivity index (χ3v) is 19.4. The number of hydrogen-bond acceptors (Lipinski definition) is 23. The van der Waals surface area contributed by atoms with Crippen molar-refractivity contribution in [2.45, 2.75) is 247 Å². The summed E-state index contributed by atoms with van der Waals surface area (Å²) in [4.78, 5) is 118. The number of hydrogen-bond donors (Lipinski definition) is 5. The Morgan fingerprint density at radius 3 is 1.23 bits per heavy atom. The normalized spacial score (nSPS) is 12.6. The number of amides is 5. The summed E-state index contributed by atoms with van der Waals surface area (Å²) in [5.41, 5.74) is 10.3. The number of rotatable bonds is 14. The maximum Gasteiger partial charge on any atom is 1.00 e. The van der Waals surface area contributed by atoms with E-state index in [4.69, 9.17) is 34.9 Å². The first-order valence-corrected chi connectivity index (χ1v) is 58.1. The summed E-state index contributed by atoms with van der Waals surface area (Å²) < 4.78 is 29.9. The first-order valence-electron chi connectivity index (χ1n) is 39.8. The van der Waals surface area contributed by atoms with E-state index in [-0.39, 0.29) is 132 Å². The molecule has 2 aliphatic heterocycles. The molecule has 6 N–H and O–H groups in total. The summed E-state index contributed by atoms with van der Waals surface area (Å²) in [6, 6.07) is 25.2.